The summed E-state index contributed by atoms with van der Waals surface area (Å²) in [6.45, 7) is 0.179. The first-order valence-corrected chi connectivity index (χ1v) is 3.58. The minimum Gasteiger partial charge on any atom is -0.362 e. The molecular formula is C7H12N2O. The van der Waals surface area contributed by atoms with Gasteiger partial charge in [-0.3, -0.25) is 0 Å². The van der Waals surface area contributed by atoms with E-state index in [-0.39, 0.29) is 18.8 Å². The monoisotopic (exact) mass is 140 g/mol. The molecule has 0 radical (unpaired) electrons. The molecule has 1 aliphatic carbocycles. The summed E-state index contributed by atoms with van der Waals surface area (Å²) >= 11 is 0. The molecule has 1 fully saturated rings. The van der Waals surface area contributed by atoms with E-state index >= 15 is 0 Å². The lowest BCUT2D eigenvalue weighted by atomic mass is 10.2. The normalized spacial score (nSPS) is 32.0. The molecule has 0 bridgehead atoms. The van der Waals surface area contributed by atoms with Crippen molar-refractivity contribution in [3.63, 3.8) is 0 Å². The lowest BCUT2D eigenvalue weighted by Crippen LogP contribution is -2.31. The molecule has 2 atom stereocenters. The molecule has 1 saturated carbocycles. The van der Waals surface area contributed by atoms with Gasteiger partial charge in [0.05, 0.1) is 12.2 Å². The zero-order valence-corrected chi connectivity index (χ0v) is 5.92. The molecule has 0 aromatic rings. The summed E-state index contributed by atoms with van der Waals surface area (Å²) in [5.74, 6) is 0. The average Bonchev–Trinajstić information content (AvgIpc) is 2.31. The Kier molecular flexibility index (Phi) is 2.67. The second-order valence-electron chi connectivity index (χ2n) is 2.60. The predicted octanol–water partition coefficient (Wildman–Crippen LogP) is 0.406. The van der Waals surface area contributed by atoms with E-state index in [1.54, 1.807) is 0 Å². The van der Waals surface area contributed by atoms with Crippen molar-refractivity contribution < 1.29 is 4.74 Å². The van der Waals surface area contributed by atoms with E-state index in [1.807, 2.05) is 6.07 Å². The van der Waals surface area contributed by atoms with Crippen molar-refractivity contribution in [1.29, 1.82) is 5.26 Å². The van der Waals surface area contributed by atoms with Crippen LogP contribution >= 0.6 is 0 Å². The molecule has 0 saturated heterocycles. The fourth-order valence-electron chi connectivity index (χ4n) is 1.31. The molecule has 3 nitrogen and oxygen atoms in total. The molecule has 56 valence electrons. The van der Waals surface area contributed by atoms with Crippen molar-refractivity contribution >= 4 is 0 Å². The van der Waals surface area contributed by atoms with Crippen molar-refractivity contribution in [2.45, 2.75) is 31.4 Å². The second-order valence-corrected chi connectivity index (χ2v) is 2.60. The van der Waals surface area contributed by atoms with Crippen molar-refractivity contribution in [1.82, 2.24) is 0 Å². The van der Waals surface area contributed by atoms with Crippen LogP contribution in [0.4, 0.5) is 0 Å². The van der Waals surface area contributed by atoms with E-state index in [0.717, 1.165) is 19.3 Å². The number of nitriles is 1. The minimum atomic E-state index is 0.139. The first-order chi connectivity index (χ1) is 4.84. The number of nitrogens with two attached hydrogens (primary N) is 1. The van der Waals surface area contributed by atoms with Gasteiger partial charge in [0, 0.05) is 6.04 Å². The zero-order chi connectivity index (χ0) is 7.40. The van der Waals surface area contributed by atoms with Gasteiger partial charge in [-0.25, -0.2) is 0 Å². The van der Waals surface area contributed by atoms with Gasteiger partial charge in [0.2, 0.25) is 0 Å². The summed E-state index contributed by atoms with van der Waals surface area (Å²) in [5, 5.41) is 8.20. The van der Waals surface area contributed by atoms with Crippen molar-refractivity contribution in [3.8, 4) is 6.07 Å². The summed E-state index contributed by atoms with van der Waals surface area (Å²) in [4.78, 5) is 0. The summed E-state index contributed by atoms with van der Waals surface area (Å²) in [6, 6.07) is 2.10. The maximum Gasteiger partial charge on any atom is 0.134 e. The fourth-order valence-corrected chi connectivity index (χ4v) is 1.31. The Morgan fingerprint density at radius 2 is 2.40 bits per heavy atom. The Labute approximate surface area is 60.8 Å². The lowest BCUT2D eigenvalue weighted by Gasteiger charge is -2.13. The van der Waals surface area contributed by atoms with Crippen LogP contribution in [0.1, 0.15) is 19.3 Å². The van der Waals surface area contributed by atoms with Crippen LogP contribution in [0, 0.1) is 11.3 Å². The van der Waals surface area contributed by atoms with Crippen LogP contribution in [0.5, 0.6) is 0 Å². The number of hydrogen-bond donors (Lipinski definition) is 1. The third kappa shape index (κ3) is 1.69. The first kappa shape index (κ1) is 7.52. The van der Waals surface area contributed by atoms with Crippen molar-refractivity contribution in [3.05, 3.63) is 0 Å². The Bertz CT molecular complexity index is 141. The van der Waals surface area contributed by atoms with Crippen LogP contribution in [-0.4, -0.2) is 18.8 Å². The number of ether oxygens (including phenoxy) is 1. The molecule has 0 aliphatic heterocycles. The SMILES string of the molecule is N#CCOC1CCCC1N. The Morgan fingerprint density at radius 1 is 1.60 bits per heavy atom. The van der Waals surface area contributed by atoms with E-state index in [2.05, 4.69) is 0 Å². The summed E-state index contributed by atoms with van der Waals surface area (Å²) in [5.41, 5.74) is 5.69. The van der Waals surface area contributed by atoms with E-state index in [9.17, 15) is 0 Å². The van der Waals surface area contributed by atoms with Crippen LogP contribution < -0.4 is 5.73 Å². The van der Waals surface area contributed by atoms with Gasteiger partial charge >= 0.3 is 0 Å². The van der Waals surface area contributed by atoms with E-state index in [1.165, 1.54) is 0 Å². The molecular weight excluding hydrogens is 128 g/mol. The first-order valence-electron chi connectivity index (χ1n) is 3.58. The largest absolute Gasteiger partial charge is 0.362 e. The molecule has 0 amide bonds. The molecule has 0 aromatic heterocycles. The standard InChI is InChI=1S/C7H12N2O/c8-4-5-10-7-3-1-2-6(7)9/h6-7H,1-3,5,9H2. The van der Waals surface area contributed by atoms with Gasteiger partial charge in [0.25, 0.3) is 0 Å². The molecule has 0 aromatic carbocycles. The maximum atomic E-state index is 8.20. The molecule has 2 unspecified atom stereocenters. The van der Waals surface area contributed by atoms with Crippen molar-refractivity contribution in [2.24, 2.45) is 5.73 Å². The zero-order valence-electron chi connectivity index (χ0n) is 5.92. The Morgan fingerprint density at radius 3 is 2.90 bits per heavy atom. The second kappa shape index (κ2) is 3.55. The maximum absolute atomic E-state index is 8.20. The predicted molar refractivity (Wildman–Crippen MR) is 37.2 cm³/mol. The summed E-state index contributed by atoms with van der Waals surface area (Å²) in [6.07, 6.45) is 3.33. The van der Waals surface area contributed by atoms with Crippen LogP contribution in [0.3, 0.4) is 0 Å². The van der Waals surface area contributed by atoms with Gasteiger partial charge in [0.1, 0.15) is 6.61 Å². The van der Waals surface area contributed by atoms with E-state index in [4.69, 9.17) is 15.7 Å². The highest BCUT2D eigenvalue weighted by Crippen LogP contribution is 2.19. The van der Waals surface area contributed by atoms with Gasteiger partial charge in [0.15, 0.2) is 0 Å². The van der Waals surface area contributed by atoms with E-state index < -0.39 is 0 Å². The molecule has 1 aliphatic rings. The summed E-state index contributed by atoms with van der Waals surface area (Å²) in [7, 11) is 0. The smallest absolute Gasteiger partial charge is 0.134 e. The number of rotatable bonds is 2. The molecule has 0 heterocycles. The highest BCUT2D eigenvalue weighted by Gasteiger charge is 2.23. The van der Waals surface area contributed by atoms with Crippen LogP contribution in [0.2, 0.25) is 0 Å². The summed E-state index contributed by atoms with van der Waals surface area (Å²) < 4.78 is 5.18. The fraction of sp³-hybridized carbons (Fsp3) is 0.857. The minimum absolute atomic E-state index is 0.139. The van der Waals surface area contributed by atoms with E-state index in [0.29, 0.717) is 0 Å². The van der Waals surface area contributed by atoms with Gasteiger partial charge in [-0.1, -0.05) is 0 Å². The Hall–Kier alpha value is -0.590. The number of hydrogen-bond acceptors (Lipinski definition) is 3. The number of nitrogens with zero attached hydrogens (tertiary/aromatic N) is 1. The Balaban J connectivity index is 2.21. The lowest BCUT2D eigenvalue weighted by molar-refractivity contribution is 0.0713. The van der Waals surface area contributed by atoms with Crippen LogP contribution in [0.15, 0.2) is 0 Å². The quantitative estimate of drug-likeness (QED) is 0.604. The molecule has 0 spiro atoms. The molecule has 3 heteroatoms. The highest BCUT2D eigenvalue weighted by molar-refractivity contribution is 4.82. The third-order valence-electron chi connectivity index (χ3n) is 1.87. The van der Waals surface area contributed by atoms with Gasteiger partial charge in [-0.05, 0) is 19.3 Å². The molecule has 1 rings (SSSR count). The average molecular weight is 140 g/mol. The molecule has 2 N–H and O–H groups in total. The van der Waals surface area contributed by atoms with Gasteiger partial charge in [-0.15, -0.1) is 0 Å². The van der Waals surface area contributed by atoms with Crippen LogP contribution in [0.25, 0.3) is 0 Å². The molecule has 10 heavy (non-hydrogen) atoms. The van der Waals surface area contributed by atoms with Crippen molar-refractivity contribution in [2.75, 3.05) is 6.61 Å². The van der Waals surface area contributed by atoms with Crippen LogP contribution in [-0.2, 0) is 4.74 Å². The van der Waals surface area contributed by atoms with Gasteiger partial charge < -0.3 is 10.5 Å². The van der Waals surface area contributed by atoms with Gasteiger partial charge in [-0.2, -0.15) is 5.26 Å². The third-order valence-corrected chi connectivity index (χ3v) is 1.87. The topological polar surface area (TPSA) is 59.0 Å². The highest BCUT2D eigenvalue weighted by atomic mass is 16.5.